The maximum absolute atomic E-state index is 12.4. The van der Waals surface area contributed by atoms with Crippen molar-refractivity contribution in [2.45, 2.75) is 12.2 Å². The number of ether oxygens (including phenoxy) is 1. The highest BCUT2D eigenvalue weighted by Crippen LogP contribution is 2.26. The standard InChI is InChI=1S/C7H10F2O2S/c1-5(2)6(10)11-4-7(8,9)12-3/h1,4H2,2-3H3. The van der Waals surface area contributed by atoms with Crippen molar-refractivity contribution in [1.82, 2.24) is 0 Å². The van der Waals surface area contributed by atoms with Crippen LogP contribution in [-0.2, 0) is 9.53 Å². The van der Waals surface area contributed by atoms with Gasteiger partial charge in [-0.05, 0) is 13.2 Å². The largest absolute Gasteiger partial charge is 0.455 e. The van der Waals surface area contributed by atoms with Gasteiger partial charge in [-0.1, -0.05) is 18.3 Å². The van der Waals surface area contributed by atoms with E-state index < -0.39 is 17.8 Å². The lowest BCUT2D eigenvalue weighted by atomic mass is 10.4. The molecule has 2 nitrogen and oxygen atoms in total. The van der Waals surface area contributed by atoms with Crippen LogP contribution >= 0.6 is 11.8 Å². The van der Waals surface area contributed by atoms with E-state index in [0.717, 1.165) is 0 Å². The van der Waals surface area contributed by atoms with E-state index in [4.69, 9.17) is 0 Å². The number of thioether (sulfide) groups is 1. The molecule has 0 spiro atoms. The fourth-order valence-electron chi connectivity index (χ4n) is 0.332. The van der Waals surface area contributed by atoms with Gasteiger partial charge in [-0.2, -0.15) is 8.78 Å². The van der Waals surface area contributed by atoms with E-state index in [0.29, 0.717) is 11.8 Å². The summed E-state index contributed by atoms with van der Waals surface area (Å²) in [7, 11) is 0. The Morgan fingerprint density at radius 2 is 2.17 bits per heavy atom. The van der Waals surface area contributed by atoms with Crippen molar-refractivity contribution in [3.8, 4) is 0 Å². The average Bonchev–Trinajstić information content (AvgIpc) is 2.00. The van der Waals surface area contributed by atoms with E-state index in [9.17, 15) is 13.6 Å². The summed E-state index contributed by atoms with van der Waals surface area (Å²) in [6, 6.07) is 0. The topological polar surface area (TPSA) is 26.3 Å². The van der Waals surface area contributed by atoms with Crippen molar-refractivity contribution in [2.24, 2.45) is 0 Å². The number of hydrogen-bond acceptors (Lipinski definition) is 3. The highest BCUT2D eigenvalue weighted by atomic mass is 32.2. The fraction of sp³-hybridized carbons (Fsp3) is 0.571. The van der Waals surface area contributed by atoms with Gasteiger partial charge in [0.1, 0.15) is 0 Å². The van der Waals surface area contributed by atoms with E-state index in [1.165, 1.54) is 13.2 Å². The van der Waals surface area contributed by atoms with Crippen molar-refractivity contribution < 1.29 is 18.3 Å². The molecule has 0 saturated carbocycles. The molecule has 0 bridgehead atoms. The molecule has 0 rings (SSSR count). The molecule has 0 atom stereocenters. The average molecular weight is 196 g/mol. The quantitative estimate of drug-likeness (QED) is 0.508. The van der Waals surface area contributed by atoms with Crippen molar-refractivity contribution in [3.63, 3.8) is 0 Å². The summed E-state index contributed by atoms with van der Waals surface area (Å²) in [5, 5.41) is -3.01. The highest BCUT2D eigenvalue weighted by molar-refractivity contribution is 7.99. The Hall–Kier alpha value is -0.580. The number of alkyl halides is 2. The minimum absolute atomic E-state index is 0.118. The molecule has 0 amide bonds. The lowest BCUT2D eigenvalue weighted by molar-refractivity contribution is -0.144. The lowest BCUT2D eigenvalue weighted by Gasteiger charge is -2.12. The maximum atomic E-state index is 12.4. The summed E-state index contributed by atoms with van der Waals surface area (Å²) in [6.07, 6.45) is 1.24. The molecule has 5 heteroatoms. The van der Waals surface area contributed by atoms with Crippen molar-refractivity contribution in [3.05, 3.63) is 12.2 Å². The van der Waals surface area contributed by atoms with E-state index in [1.54, 1.807) is 0 Å². The van der Waals surface area contributed by atoms with Gasteiger partial charge in [0, 0.05) is 5.57 Å². The Labute approximate surface area is 74.0 Å². The number of rotatable bonds is 4. The van der Waals surface area contributed by atoms with Gasteiger partial charge in [0.2, 0.25) is 0 Å². The van der Waals surface area contributed by atoms with Gasteiger partial charge >= 0.3 is 11.2 Å². The molecule has 0 aromatic heterocycles. The van der Waals surface area contributed by atoms with Crippen LogP contribution < -0.4 is 0 Å². The molecule has 70 valence electrons. The third kappa shape index (κ3) is 4.33. The summed E-state index contributed by atoms with van der Waals surface area (Å²) in [6.45, 7) is 3.75. The molecule has 0 heterocycles. The number of hydrogen-bond donors (Lipinski definition) is 0. The molecular weight excluding hydrogens is 186 g/mol. The zero-order valence-electron chi connectivity index (χ0n) is 6.89. The first-order valence-corrected chi connectivity index (χ1v) is 4.37. The van der Waals surface area contributed by atoms with Crippen LogP contribution in [0.2, 0.25) is 0 Å². The summed E-state index contributed by atoms with van der Waals surface area (Å²) in [5.74, 6) is -0.788. The van der Waals surface area contributed by atoms with Crippen LogP contribution in [0.5, 0.6) is 0 Å². The second kappa shape index (κ2) is 4.45. The minimum Gasteiger partial charge on any atom is -0.455 e. The van der Waals surface area contributed by atoms with Crippen LogP contribution in [0.15, 0.2) is 12.2 Å². The minimum atomic E-state index is -3.01. The van der Waals surface area contributed by atoms with Crippen LogP contribution in [0.1, 0.15) is 6.92 Å². The first-order valence-electron chi connectivity index (χ1n) is 3.14. The highest BCUT2D eigenvalue weighted by Gasteiger charge is 2.29. The third-order valence-electron chi connectivity index (χ3n) is 1.02. The molecule has 0 aliphatic rings. The first-order chi connectivity index (χ1) is 5.39. The van der Waals surface area contributed by atoms with Crippen LogP contribution in [0, 0.1) is 0 Å². The van der Waals surface area contributed by atoms with Crippen molar-refractivity contribution in [1.29, 1.82) is 0 Å². The SMILES string of the molecule is C=C(C)C(=O)OCC(F)(F)SC. The van der Waals surface area contributed by atoms with Gasteiger partial charge < -0.3 is 4.74 Å². The summed E-state index contributed by atoms with van der Waals surface area (Å²) < 4.78 is 29.1. The Balaban J connectivity index is 3.83. The van der Waals surface area contributed by atoms with Crippen LogP contribution in [0.25, 0.3) is 0 Å². The first kappa shape index (κ1) is 11.4. The van der Waals surface area contributed by atoms with Crippen LogP contribution in [0.3, 0.4) is 0 Å². The predicted molar refractivity (Wildman–Crippen MR) is 44.2 cm³/mol. The van der Waals surface area contributed by atoms with Gasteiger partial charge in [-0.25, -0.2) is 4.79 Å². The molecule has 0 aromatic carbocycles. The van der Waals surface area contributed by atoms with E-state index in [2.05, 4.69) is 11.3 Å². The second-order valence-electron chi connectivity index (χ2n) is 2.20. The Morgan fingerprint density at radius 3 is 2.50 bits per heavy atom. The van der Waals surface area contributed by atoms with Gasteiger partial charge in [0.05, 0.1) is 0 Å². The van der Waals surface area contributed by atoms with E-state index in [1.807, 2.05) is 0 Å². The lowest BCUT2D eigenvalue weighted by Crippen LogP contribution is -2.21. The number of carbonyl (C=O) groups is 1. The van der Waals surface area contributed by atoms with Gasteiger partial charge in [-0.15, -0.1) is 0 Å². The molecular formula is C7H10F2O2S. The molecule has 12 heavy (non-hydrogen) atoms. The van der Waals surface area contributed by atoms with Crippen molar-refractivity contribution >= 4 is 17.7 Å². The summed E-state index contributed by atoms with van der Waals surface area (Å²) in [5.41, 5.74) is 0.118. The Kier molecular flexibility index (Phi) is 4.23. The zero-order chi connectivity index (χ0) is 9.78. The third-order valence-corrected chi connectivity index (χ3v) is 1.73. The predicted octanol–water partition coefficient (Wildman–Crippen LogP) is 2.06. The number of halogens is 2. The van der Waals surface area contributed by atoms with Gasteiger partial charge in [0.25, 0.3) is 0 Å². The molecule has 0 aliphatic heterocycles. The molecule has 0 saturated heterocycles. The second-order valence-corrected chi connectivity index (χ2v) is 3.20. The van der Waals surface area contributed by atoms with Crippen LogP contribution in [0.4, 0.5) is 8.78 Å². The smallest absolute Gasteiger partial charge is 0.333 e. The monoisotopic (exact) mass is 196 g/mol. The molecule has 0 aliphatic carbocycles. The molecule has 0 fully saturated rings. The van der Waals surface area contributed by atoms with E-state index in [-0.39, 0.29) is 5.57 Å². The van der Waals surface area contributed by atoms with Crippen molar-refractivity contribution in [2.75, 3.05) is 12.9 Å². The Bertz CT molecular complexity index is 192. The zero-order valence-corrected chi connectivity index (χ0v) is 7.71. The Morgan fingerprint density at radius 1 is 1.67 bits per heavy atom. The normalized spacial score (nSPS) is 11.0. The molecule has 0 N–H and O–H groups in total. The number of esters is 1. The summed E-state index contributed by atoms with van der Waals surface area (Å²) in [4.78, 5) is 10.6. The molecule has 0 aromatic rings. The fourth-order valence-corrected chi connectivity index (χ4v) is 0.508. The number of carbonyl (C=O) groups excluding carboxylic acids is 1. The van der Waals surface area contributed by atoms with Gasteiger partial charge in [-0.3, -0.25) is 0 Å². The molecule has 0 radical (unpaired) electrons. The van der Waals surface area contributed by atoms with E-state index >= 15 is 0 Å². The maximum Gasteiger partial charge on any atom is 0.333 e. The summed E-state index contributed by atoms with van der Waals surface area (Å²) >= 11 is 0.341. The van der Waals surface area contributed by atoms with Gasteiger partial charge in [0.15, 0.2) is 6.61 Å². The molecule has 0 unspecified atom stereocenters. The van der Waals surface area contributed by atoms with Crippen LogP contribution in [-0.4, -0.2) is 24.1 Å².